The van der Waals surface area contributed by atoms with E-state index in [9.17, 15) is 4.79 Å². The summed E-state index contributed by atoms with van der Waals surface area (Å²) in [7, 11) is 0. The maximum Gasteiger partial charge on any atom is 0.257 e. The number of amides is 1. The van der Waals surface area contributed by atoms with Crippen LogP contribution in [0.15, 0.2) is 90.2 Å². The molecule has 3 aromatic carbocycles. The number of nitrogens with two attached hydrogens (primary N) is 1. The standard InChI is InChI=1S/C29H25N7O/c30-27-25(29(37)31-16-8-11-19-9-2-1-3-10-19)26-28(35-24-15-7-6-14-23(24)34-26)36(27)33-18-20-17-32-22-13-5-4-12-21(20)22/h1-7,9-10,12-15,17-18,32H,8,11,16,30H2,(H,31,37). The Morgan fingerprint density at radius 2 is 1.70 bits per heavy atom. The van der Waals surface area contributed by atoms with Crippen LogP contribution in [-0.4, -0.2) is 38.3 Å². The molecular weight excluding hydrogens is 462 g/mol. The molecule has 0 aliphatic rings. The van der Waals surface area contributed by atoms with Crippen molar-refractivity contribution in [2.24, 2.45) is 5.10 Å². The average Bonchev–Trinajstić information content (AvgIpc) is 3.46. The molecule has 1 amide bonds. The first-order valence-electron chi connectivity index (χ1n) is 12.2. The lowest BCUT2D eigenvalue weighted by Crippen LogP contribution is -2.25. The number of aromatic amines is 1. The van der Waals surface area contributed by atoms with Crippen molar-refractivity contribution < 1.29 is 4.79 Å². The number of nitrogens with zero attached hydrogens (tertiary/aromatic N) is 4. The first kappa shape index (κ1) is 22.5. The highest BCUT2D eigenvalue weighted by molar-refractivity contribution is 6.11. The summed E-state index contributed by atoms with van der Waals surface area (Å²) in [5.41, 5.74) is 12.2. The Balaban J connectivity index is 1.35. The number of hydrogen-bond donors (Lipinski definition) is 3. The number of nitrogens with one attached hydrogen (secondary N) is 2. The molecule has 0 saturated carbocycles. The number of benzene rings is 3. The number of carbonyl (C=O) groups excluding carboxylic acids is 1. The van der Waals surface area contributed by atoms with Crippen molar-refractivity contribution in [1.82, 2.24) is 24.9 Å². The van der Waals surface area contributed by atoms with E-state index in [1.165, 1.54) is 10.2 Å². The molecule has 3 aromatic heterocycles. The van der Waals surface area contributed by atoms with Gasteiger partial charge in [0.2, 0.25) is 0 Å². The van der Waals surface area contributed by atoms with E-state index < -0.39 is 0 Å². The Bertz CT molecular complexity index is 1770. The third kappa shape index (κ3) is 4.29. The monoisotopic (exact) mass is 487 g/mol. The fourth-order valence-electron chi connectivity index (χ4n) is 4.54. The van der Waals surface area contributed by atoms with Gasteiger partial charge in [0, 0.05) is 29.2 Å². The second-order valence-corrected chi connectivity index (χ2v) is 8.84. The number of carbonyl (C=O) groups is 1. The first-order chi connectivity index (χ1) is 18.2. The number of nitrogen functional groups attached to an aromatic ring is 1. The number of aromatic nitrogens is 4. The molecule has 0 fully saturated rings. The van der Waals surface area contributed by atoms with Crippen LogP contribution in [0.5, 0.6) is 0 Å². The minimum absolute atomic E-state index is 0.196. The van der Waals surface area contributed by atoms with Crippen LogP contribution in [-0.2, 0) is 6.42 Å². The summed E-state index contributed by atoms with van der Waals surface area (Å²) < 4.78 is 1.50. The van der Waals surface area contributed by atoms with Crippen LogP contribution in [0.1, 0.15) is 27.9 Å². The molecule has 8 nitrogen and oxygen atoms in total. The van der Waals surface area contributed by atoms with Gasteiger partial charge in [0.05, 0.1) is 17.2 Å². The van der Waals surface area contributed by atoms with Gasteiger partial charge >= 0.3 is 0 Å². The Morgan fingerprint density at radius 1 is 0.973 bits per heavy atom. The molecule has 0 aliphatic heterocycles. The molecule has 37 heavy (non-hydrogen) atoms. The normalized spacial score (nSPS) is 11.7. The van der Waals surface area contributed by atoms with E-state index >= 15 is 0 Å². The molecule has 0 radical (unpaired) electrons. The Morgan fingerprint density at radius 3 is 2.54 bits per heavy atom. The molecule has 0 bridgehead atoms. The number of rotatable bonds is 7. The molecular formula is C29H25N7O. The smallest absolute Gasteiger partial charge is 0.257 e. The molecule has 0 unspecified atom stereocenters. The number of H-pyrrole nitrogens is 1. The fraction of sp³-hybridized carbons (Fsp3) is 0.103. The summed E-state index contributed by atoms with van der Waals surface area (Å²) in [6, 6.07) is 25.7. The van der Waals surface area contributed by atoms with Gasteiger partial charge in [-0.25, -0.2) is 9.97 Å². The van der Waals surface area contributed by atoms with E-state index in [1.807, 2.05) is 72.9 Å². The predicted molar refractivity (Wildman–Crippen MR) is 148 cm³/mol. The van der Waals surface area contributed by atoms with Gasteiger partial charge in [0.15, 0.2) is 5.65 Å². The van der Waals surface area contributed by atoms with E-state index in [4.69, 9.17) is 15.7 Å². The summed E-state index contributed by atoms with van der Waals surface area (Å²) in [5.74, 6) is -0.0943. The van der Waals surface area contributed by atoms with Gasteiger partial charge in [0.1, 0.15) is 16.9 Å². The topological polar surface area (TPSA) is 114 Å². The summed E-state index contributed by atoms with van der Waals surface area (Å²) in [4.78, 5) is 26.1. The highest BCUT2D eigenvalue weighted by atomic mass is 16.1. The predicted octanol–water partition coefficient (Wildman–Crippen LogP) is 4.89. The van der Waals surface area contributed by atoms with Crippen molar-refractivity contribution in [3.05, 3.63) is 102 Å². The summed E-state index contributed by atoms with van der Waals surface area (Å²) in [5, 5.41) is 8.67. The number of para-hydroxylation sites is 3. The first-order valence-corrected chi connectivity index (χ1v) is 12.2. The largest absolute Gasteiger partial charge is 0.383 e. The van der Waals surface area contributed by atoms with Crippen molar-refractivity contribution in [2.45, 2.75) is 12.8 Å². The van der Waals surface area contributed by atoms with E-state index in [0.29, 0.717) is 28.7 Å². The van der Waals surface area contributed by atoms with Gasteiger partial charge in [0.25, 0.3) is 5.91 Å². The van der Waals surface area contributed by atoms with Gasteiger partial charge in [-0.15, -0.1) is 0 Å². The molecule has 4 N–H and O–H groups in total. The van der Waals surface area contributed by atoms with Crippen LogP contribution >= 0.6 is 0 Å². The lowest BCUT2D eigenvalue weighted by molar-refractivity contribution is 0.0955. The molecule has 0 aliphatic carbocycles. The van der Waals surface area contributed by atoms with Crippen molar-refractivity contribution in [3.63, 3.8) is 0 Å². The molecule has 6 rings (SSSR count). The number of hydrogen-bond acceptors (Lipinski definition) is 5. The minimum atomic E-state index is -0.291. The number of aryl methyl sites for hydroxylation is 1. The zero-order chi connectivity index (χ0) is 25.2. The molecule has 6 aromatic rings. The van der Waals surface area contributed by atoms with Crippen LogP contribution in [0, 0.1) is 0 Å². The van der Waals surface area contributed by atoms with Gasteiger partial charge < -0.3 is 16.0 Å². The van der Waals surface area contributed by atoms with Crippen molar-refractivity contribution in [3.8, 4) is 0 Å². The summed E-state index contributed by atoms with van der Waals surface area (Å²) in [6.07, 6.45) is 5.28. The second kappa shape index (κ2) is 9.58. The van der Waals surface area contributed by atoms with Crippen LogP contribution in [0.2, 0.25) is 0 Å². The molecule has 0 spiro atoms. The second-order valence-electron chi connectivity index (χ2n) is 8.84. The van der Waals surface area contributed by atoms with E-state index in [2.05, 4.69) is 27.5 Å². The van der Waals surface area contributed by atoms with Crippen molar-refractivity contribution in [1.29, 1.82) is 0 Å². The zero-order valence-electron chi connectivity index (χ0n) is 20.1. The SMILES string of the molecule is Nc1c(C(=O)NCCCc2ccccc2)c2nc3ccccc3nc2n1N=Cc1c[nH]c2ccccc12. The summed E-state index contributed by atoms with van der Waals surface area (Å²) >= 11 is 0. The van der Waals surface area contributed by atoms with Crippen molar-refractivity contribution in [2.75, 3.05) is 12.3 Å². The average molecular weight is 488 g/mol. The van der Waals surface area contributed by atoms with Gasteiger partial charge in [-0.3, -0.25) is 4.79 Å². The van der Waals surface area contributed by atoms with Crippen molar-refractivity contribution >= 4 is 51.0 Å². The Labute approximate surface area is 212 Å². The molecule has 0 atom stereocenters. The fourth-order valence-corrected chi connectivity index (χ4v) is 4.54. The quantitative estimate of drug-likeness (QED) is 0.220. The minimum Gasteiger partial charge on any atom is -0.383 e. The lowest BCUT2D eigenvalue weighted by atomic mass is 10.1. The molecule has 8 heteroatoms. The van der Waals surface area contributed by atoms with Crippen LogP contribution in [0.4, 0.5) is 5.82 Å². The maximum atomic E-state index is 13.3. The molecule has 3 heterocycles. The molecule has 0 saturated heterocycles. The lowest BCUT2D eigenvalue weighted by Gasteiger charge is -2.06. The highest BCUT2D eigenvalue weighted by Crippen LogP contribution is 2.28. The Kier molecular flexibility index (Phi) is 5.82. The number of fused-ring (bicyclic) bond motifs is 3. The van der Waals surface area contributed by atoms with E-state index in [0.717, 1.165) is 29.3 Å². The molecule has 182 valence electrons. The number of anilines is 1. The summed E-state index contributed by atoms with van der Waals surface area (Å²) in [6.45, 7) is 0.513. The highest BCUT2D eigenvalue weighted by Gasteiger charge is 2.24. The Hall–Kier alpha value is -4.98. The third-order valence-electron chi connectivity index (χ3n) is 6.41. The van der Waals surface area contributed by atoms with Crippen LogP contribution < -0.4 is 11.1 Å². The van der Waals surface area contributed by atoms with Gasteiger partial charge in [-0.2, -0.15) is 9.78 Å². The maximum absolute atomic E-state index is 13.3. The van der Waals surface area contributed by atoms with E-state index in [1.54, 1.807) is 6.21 Å². The van der Waals surface area contributed by atoms with Crippen LogP contribution in [0.3, 0.4) is 0 Å². The van der Waals surface area contributed by atoms with Gasteiger partial charge in [-0.1, -0.05) is 60.7 Å². The van der Waals surface area contributed by atoms with Gasteiger partial charge in [-0.05, 0) is 36.6 Å². The van der Waals surface area contributed by atoms with E-state index in [-0.39, 0.29) is 17.3 Å². The van der Waals surface area contributed by atoms with Crippen LogP contribution in [0.25, 0.3) is 33.1 Å². The third-order valence-corrected chi connectivity index (χ3v) is 6.41. The zero-order valence-corrected chi connectivity index (χ0v) is 20.1.